The van der Waals surface area contributed by atoms with E-state index in [1.54, 1.807) is 0 Å². The molecule has 1 rings (SSSR count). The lowest BCUT2D eigenvalue weighted by atomic mass is 9.99. The molecule has 0 amide bonds. The van der Waals surface area contributed by atoms with Crippen LogP contribution in [0.1, 0.15) is 12.8 Å². The summed E-state index contributed by atoms with van der Waals surface area (Å²) in [6.45, 7) is -0.570. The highest BCUT2D eigenvalue weighted by Crippen LogP contribution is 2.54. The van der Waals surface area contributed by atoms with Crippen LogP contribution >= 0.6 is 0 Å². The highest BCUT2D eigenvalue weighted by atomic mass is 19.4. The van der Waals surface area contributed by atoms with Crippen LogP contribution in [0.5, 0.6) is 0 Å². The number of alkyl halides is 9. The van der Waals surface area contributed by atoms with Crippen molar-refractivity contribution in [1.29, 1.82) is 0 Å². The van der Waals surface area contributed by atoms with Crippen molar-refractivity contribution < 1.29 is 49.0 Å². The largest absolute Gasteiger partial charge is 0.460 e. The average molecular weight is 449 g/mol. The van der Waals surface area contributed by atoms with Gasteiger partial charge in [-0.25, -0.2) is 9.89 Å². The first kappa shape index (κ1) is 25.7. The first-order valence-electron chi connectivity index (χ1n) is 7.83. The van der Waals surface area contributed by atoms with Crippen molar-refractivity contribution in [2.45, 2.75) is 49.4 Å². The second kappa shape index (κ2) is 8.79. The molecule has 0 aromatic rings. The molecule has 2 unspecified atom stereocenters. The minimum atomic E-state index is -6.95. The number of aliphatic imine (C=N–C) groups is 1. The first-order valence-corrected chi connectivity index (χ1v) is 7.83. The van der Waals surface area contributed by atoms with Gasteiger partial charge in [0.1, 0.15) is 25.6 Å². The third-order valence-electron chi connectivity index (χ3n) is 4.03. The molecule has 0 spiro atoms. The predicted octanol–water partition coefficient (Wildman–Crippen LogP) is 1.94. The normalized spacial score (nSPS) is 22.8. The summed E-state index contributed by atoms with van der Waals surface area (Å²) in [5, 5.41) is 0. The fourth-order valence-electron chi connectivity index (χ4n) is 2.42. The third kappa shape index (κ3) is 4.87. The van der Waals surface area contributed by atoms with Crippen molar-refractivity contribution in [1.82, 2.24) is 9.80 Å². The SMILES string of the molecule is COCN1C(CCC(F)(F)C(F)(F)C(F)(F)C(F)(F)F)=NC(N)N(COC)C1N. The van der Waals surface area contributed by atoms with Crippen molar-refractivity contribution in [3.63, 3.8) is 0 Å². The summed E-state index contributed by atoms with van der Waals surface area (Å²) in [5.41, 5.74) is 11.5. The Balaban J connectivity index is 3.10. The van der Waals surface area contributed by atoms with Gasteiger partial charge >= 0.3 is 23.9 Å². The number of nitrogens with two attached hydrogens (primary N) is 2. The molecule has 0 fully saturated rings. The Kier molecular flexibility index (Phi) is 7.78. The van der Waals surface area contributed by atoms with Crippen molar-refractivity contribution in [2.24, 2.45) is 16.5 Å². The highest BCUT2D eigenvalue weighted by molar-refractivity contribution is 5.83. The zero-order valence-corrected chi connectivity index (χ0v) is 15.2. The Morgan fingerprint density at radius 3 is 1.86 bits per heavy atom. The lowest BCUT2D eigenvalue weighted by Gasteiger charge is -2.44. The smallest absolute Gasteiger partial charge is 0.369 e. The van der Waals surface area contributed by atoms with E-state index in [1.807, 2.05) is 0 Å². The minimum Gasteiger partial charge on any atom is -0.369 e. The molecule has 2 atom stereocenters. The molecule has 172 valence electrons. The summed E-state index contributed by atoms with van der Waals surface area (Å²) in [6.07, 6.45) is -12.6. The Hall–Kier alpha value is -1.36. The van der Waals surface area contributed by atoms with Crippen LogP contribution < -0.4 is 11.5 Å². The van der Waals surface area contributed by atoms with Gasteiger partial charge in [0.25, 0.3) is 0 Å². The van der Waals surface area contributed by atoms with E-state index in [0.717, 1.165) is 4.90 Å². The average Bonchev–Trinajstić information content (AvgIpc) is 2.58. The summed E-state index contributed by atoms with van der Waals surface area (Å²) in [5.74, 6) is -19.8. The van der Waals surface area contributed by atoms with E-state index in [9.17, 15) is 39.5 Å². The van der Waals surface area contributed by atoms with Crippen molar-refractivity contribution in [2.75, 3.05) is 27.7 Å². The molecular weight excluding hydrogens is 429 g/mol. The molecule has 7 nitrogen and oxygen atoms in total. The fourth-order valence-corrected chi connectivity index (χ4v) is 2.42. The number of nitrogens with zero attached hydrogens (tertiary/aromatic N) is 3. The number of hydrogen-bond donors (Lipinski definition) is 2. The molecule has 1 aliphatic rings. The number of ether oxygens (including phenoxy) is 2. The molecule has 0 bridgehead atoms. The van der Waals surface area contributed by atoms with Gasteiger partial charge in [0.15, 0.2) is 6.29 Å². The molecule has 0 aromatic carbocycles. The molecule has 16 heteroatoms. The summed E-state index contributed by atoms with van der Waals surface area (Å²) in [7, 11) is 2.45. The number of rotatable bonds is 9. The van der Waals surface area contributed by atoms with Crippen LogP contribution in [0.15, 0.2) is 4.99 Å². The van der Waals surface area contributed by atoms with E-state index in [1.165, 1.54) is 19.1 Å². The maximum Gasteiger partial charge on any atom is 0.460 e. The van der Waals surface area contributed by atoms with Crippen LogP contribution in [0, 0.1) is 0 Å². The molecule has 1 heterocycles. The quantitative estimate of drug-likeness (QED) is 0.524. The van der Waals surface area contributed by atoms with Crippen molar-refractivity contribution in [3.8, 4) is 0 Å². The predicted molar refractivity (Wildman–Crippen MR) is 80.9 cm³/mol. The van der Waals surface area contributed by atoms with Crippen LogP contribution in [0.3, 0.4) is 0 Å². The van der Waals surface area contributed by atoms with E-state index >= 15 is 0 Å². The van der Waals surface area contributed by atoms with Crippen molar-refractivity contribution >= 4 is 5.84 Å². The maximum absolute atomic E-state index is 13.8. The van der Waals surface area contributed by atoms with Crippen LogP contribution in [0.25, 0.3) is 0 Å². The number of methoxy groups -OCH3 is 2. The molecule has 0 radical (unpaired) electrons. The second-order valence-corrected chi connectivity index (χ2v) is 6.04. The van der Waals surface area contributed by atoms with Crippen LogP contribution in [0.4, 0.5) is 39.5 Å². The monoisotopic (exact) mass is 449 g/mol. The molecule has 29 heavy (non-hydrogen) atoms. The standard InChI is InChI=1S/C13H20F9N5O2/c1-28-5-26-7(25-8(23)27(6-29-2)9(26)24)3-4-10(14,15)11(16,17)12(18,19)13(20,21)22/h8-9H,3-6,23-24H2,1-2H3. The Morgan fingerprint density at radius 2 is 1.41 bits per heavy atom. The van der Waals surface area contributed by atoms with Gasteiger partial charge in [0.05, 0.1) is 0 Å². The topological polar surface area (TPSA) is 89.3 Å². The summed E-state index contributed by atoms with van der Waals surface area (Å²) < 4.78 is 126. The van der Waals surface area contributed by atoms with Gasteiger partial charge in [-0.1, -0.05) is 0 Å². The molecule has 0 aromatic heterocycles. The molecule has 0 saturated heterocycles. The third-order valence-corrected chi connectivity index (χ3v) is 4.03. The Bertz CT molecular complexity index is 588. The van der Waals surface area contributed by atoms with E-state index in [0.29, 0.717) is 0 Å². The van der Waals surface area contributed by atoms with Gasteiger partial charge in [0.2, 0.25) is 0 Å². The summed E-state index contributed by atoms with van der Waals surface area (Å²) in [4.78, 5) is 5.93. The number of amidine groups is 1. The van der Waals surface area contributed by atoms with Crippen LogP contribution in [-0.2, 0) is 9.47 Å². The Labute approximate surface area is 159 Å². The van der Waals surface area contributed by atoms with Gasteiger partial charge in [-0.05, 0) is 0 Å². The van der Waals surface area contributed by atoms with E-state index in [2.05, 4.69) is 4.99 Å². The molecular formula is C13H20F9N5O2. The minimum absolute atomic E-state index is 0.175. The van der Waals surface area contributed by atoms with Gasteiger partial charge in [0, 0.05) is 27.1 Å². The lowest BCUT2D eigenvalue weighted by molar-refractivity contribution is -0.396. The maximum atomic E-state index is 13.8. The van der Waals surface area contributed by atoms with Gasteiger partial charge in [-0.15, -0.1) is 0 Å². The van der Waals surface area contributed by atoms with Crippen LogP contribution in [0.2, 0.25) is 0 Å². The van der Waals surface area contributed by atoms with Gasteiger partial charge in [-0.2, -0.15) is 39.5 Å². The summed E-state index contributed by atoms with van der Waals surface area (Å²) >= 11 is 0. The zero-order valence-electron chi connectivity index (χ0n) is 15.2. The molecule has 4 N–H and O–H groups in total. The summed E-state index contributed by atoms with van der Waals surface area (Å²) in [6, 6.07) is 0. The lowest BCUT2D eigenvalue weighted by Crippen LogP contribution is -2.65. The molecule has 0 aliphatic carbocycles. The van der Waals surface area contributed by atoms with Gasteiger partial charge in [-0.3, -0.25) is 11.5 Å². The molecule has 1 aliphatic heterocycles. The van der Waals surface area contributed by atoms with Crippen molar-refractivity contribution in [3.05, 3.63) is 0 Å². The second-order valence-electron chi connectivity index (χ2n) is 6.04. The van der Waals surface area contributed by atoms with E-state index in [4.69, 9.17) is 20.9 Å². The fraction of sp³-hybridized carbons (Fsp3) is 0.923. The number of halogens is 9. The Morgan fingerprint density at radius 1 is 0.897 bits per heavy atom. The van der Waals surface area contributed by atoms with E-state index in [-0.39, 0.29) is 6.73 Å². The zero-order chi connectivity index (χ0) is 22.8. The van der Waals surface area contributed by atoms with E-state index < -0.39 is 61.9 Å². The number of hydrogen-bond acceptors (Lipinski definition) is 7. The highest BCUT2D eigenvalue weighted by Gasteiger charge is 2.81. The first-order chi connectivity index (χ1) is 13.0. The molecule has 0 saturated carbocycles. The van der Waals surface area contributed by atoms with Gasteiger partial charge < -0.3 is 14.4 Å². The van der Waals surface area contributed by atoms with Crippen LogP contribution in [-0.4, -0.2) is 79.8 Å².